The van der Waals surface area contributed by atoms with Crippen LogP contribution in [0.5, 0.6) is 0 Å². The summed E-state index contributed by atoms with van der Waals surface area (Å²) < 4.78 is 0. The van der Waals surface area contributed by atoms with Crippen LogP contribution in [-0.4, -0.2) is 80.3 Å². The van der Waals surface area contributed by atoms with Gasteiger partial charge in [-0.3, -0.25) is 29.0 Å². The van der Waals surface area contributed by atoms with Gasteiger partial charge in [-0.25, -0.2) is 0 Å². The molecule has 26 heavy (non-hydrogen) atoms. The predicted molar refractivity (Wildman–Crippen MR) is 87.5 cm³/mol. The van der Waals surface area contributed by atoms with Crippen molar-refractivity contribution >= 4 is 23.9 Å². The Morgan fingerprint density at radius 3 is 1.12 bits per heavy atom. The van der Waals surface area contributed by atoms with E-state index in [0.29, 0.717) is 11.1 Å². The van der Waals surface area contributed by atoms with Crippen molar-refractivity contribution in [3.8, 4) is 0 Å². The first-order chi connectivity index (χ1) is 12.2. The largest absolute Gasteiger partial charge is 0.480 e. The van der Waals surface area contributed by atoms with Gasteiger partial charge in [0.15, 0.2) is 0 Å². The SMILES string of the molecule is O=C(O)CN(CC(=O)O)Cc1ccccc1CN(CC(=O)O)CC(=O)O. The molecule has 0 aliphatic carbocycles. The number of carboxylic acid groups (broad SMARTS) is 4. The van der Waals surface area contributed by atoms with Gasteiger partial charge in [-0.05, 0) is 11.1 Å². The topological polar surface area (TPSA) is 156 Å². The molecule has 4 N–H and O–H groups in total. The highest BCUT2D eigenvalue weighted by atomic mass is 16.4. The lowest BCUT2D eigenvalue weighted by Gasteiger charge is -2.23. The maximum Gasteiger partial charge on any atom is 0.317 e. The standard InChI is InChI=1S/C16H20N2O8/c19-13(20)7-17(8-14(21)22)5-11-3-1-2-4-12(11)6-18(9-15(23)24)10-16(25)26/h1-4H,5-10H2,(H,19,20)(H,21,22)(H,23,24)(H,25,26). The van der Waals surface area contributed by atoms with Crippen molar-refractivity contribution in [2.45, 2.75) is 13.1 Å². The summed E-state index contributed by atoms with van der Waals surface area (Å²) >= 11 is 0. The molecule has 0 amide bonds. The Balaban J connectivity index is 2.99. The van der Waals surface area contributed by atoms with Crippen LogP contribution in [-0.2, 0) is 32.3 Å². The van der Waals surface area contributed by atoms with E-state index in [2.05, 4.69) is 0 Å². The number of hydrogen-bond donors (Lipinski definition) is 4. The summed E-state index contributed by atoms with van der Waals surface area (Å²) in [4.78, 5) is 46.1. The first kappa shape index (κ1) is 21.1. The quantitative estimate of drug-likeness (QED) is 0.384. The number of nitrogens with zero attached hydrogens (tertiary/aromatic N) is 2. The number of aliphatic carboxylic acids is 4. The molecular formula is C16H20N2O8. The summed E-state index contributed by atoms with van der Waals surface area (Å²) in [5.74, 6) is -4.71. The van der Waals surface area contributed by atoms with Crippen LogP contribution >= 0.6 is 0 Å². The van der Waals surface area contributed by atoms with E-state index in [1.54, 1.807) is 24.3 Å². The molecule has 1 aromatic rings. The minimum atomic E-state index is -1.18. The van der Waals surface area contributed by atoms with Crippen molar-refractivity contribution < 1.29 is 39.6 Å². The van der Waals surface area contributed by atoms with Gasteiger partial charge in [0.1, 0.15) is 0 Å². The van der Waals surface area contributed by atoms with Gasteiger partial charge in [0.05, 0.1) is 26.2 Å². The molecule has 0 aromatic heterocycles. The van der Waals surface area contributed by atoms with E-state index in [4.69, 9.17) is 20.4 Å². The van der Waals surface area contributed by atoms with E-state index in [9.17, 15) is 19.2 Å². The van der Waals surface area contributed by atoms with Crippen LogP contribution in [0.1, 0.15) is 11.1 Å². The van der Waals surface area contributed by atoms with Crippen molar-refractivity contribution in [2.75, 3.05) is 26.2 Å². The summed E-state index contributed by atoms with van der Waals surface area (Å²) in [5.41, 5.74) is 1.19. The lowest BCUT2D eigenvalue weighted by molar-refractivity contribution is -0.144. The zero-order chi connectivity index (χ0) is 19.7. The van der Waals surface area contributed by atoms with Gasteiger partial charge < -0.3 is 20.4 Å². The molecule has 10 nitrogen and oxygen atoms in total. The Morgan fingerprint density at radius 1 is 0.615 bits per heavy atom. The fraction of sp³-hybridized carbons (Fsp3) is 0.375. The number of hydrogen-bond acceptors (Lipinski definition) is 6. The van der Waals surface area contributed by atoms with Crippen molar-refractivity contribution in [3.63, 3.8) is 0 Å². The van der Waals surface area contributed by atoms with Gasteiger partial charge in [0.2, 0.25) is 0 Å². The highest BCUT2D eigenvalue weighted by molar-refractivity contribution is 5.73. The Labute approximate surface area is 148 Å². The van der Waals surface area contributed by atoms with Gasteiger partial charge in [-0.15, -0.1) is 0 Å². The molecule has 0 saturated heterocycles. The maximum atomic E-state index is 10.9. The predicted octanol–water partition coefficient (Wildman–Crippen LogP) is -0.371. The van der Waals surface area contributed by atoms with E-state index in [0.717, 1.165) is 0 Å². The smallest absolute Gasteiger partial charge is 0.317 e. The minimum Gasteiger partial charge on any atom is -0.480 e. The zero-order valence-electron chi connectivity index (χ0n) is 13.9. The number of carboxylic acids is 4. The number of benzene rings is 1. The molecule has 0 spiro atoms. The third-order valence-corrected chi connectivity index (χ3v) is 3.34. The summed E-state index contributed by atoms with van der Waals surface area (Å²) in [5, 5.41) is 35.7. The Morgan fingerprint density at radius 2 is 0.885 bits per heavy atom. The molecular weight excluding hydrogens is 348 g/mol. The highest BCUT2D eigenvalue weighted by Crippen LogP contribution is 2.14. The fourth-order valence-corrected chi connectivity index (χ4v) is 2.45. The van der Waals surface area contributed by atoms with Gasteiger partial charge >= 0.3 is 23.9 Å². The molecule has 0 saturated carbocycles. The third kappa shape index (κ3) is 8.22. The molecule has 142 valence electrons. The second-order valence-corrected chi connectivity index (χ2v) is 5.63. The van der Waals surface area contributed by atoms with Crippen molar-refractivity contribution in [1.29, 1.82) is 0 Å². The molecule has 0 bridgehead atoms. The average Bonchev–Trinajstić information content (AvgIpc) is 2.46. The fourth-order valence-electron chi connectivity index (χ4n) is 2.45. The zero-order valence-corrected chi connectivity index (χ0v) is 13.9. The molecule has 0 aliphatic heterocycles. The van der Waals surface area contributed by atoms with Crippen molar-refractivity contribution in [1.82, 2.24) is 9.80 Å². The van der Waals surface area contributed by atoms with Gasteiger partial charge in [-0.1, -0.05) is 24.3 Å². The number of carbonyl (C=O) groups is 4. The summed E-state index contributed by atoms with van der Waals surface area (Å²) in [6, 6.07) is 6.67. The van der Waals surface area contributed by atoms with Crippen LogP contribution < -0.4 is 0 Å². The first-order valence-electron chi connectivity index (χ1n) is 7.56. The van der Waals surface area contributed by atoms with Crippen LogP contribution in [0.25, 0.3) is 0 Å². The van der Waals surface area contributed by atoms with Crippen LogP contribution in [0, 0.1) is 0 Å². The molecule has 1 aromatic carbocycles. The minimum absolute atomic E-state index is 0.0166. The molecule has 0 unspecified atom stereocenters. The highest BCUT2D eigenvalue weighted by Gasteiger charge is 2.18. The van der Waals surface area contributed by atoms with Crippen LogP contribution in [0.3, 0.4) is 0 Å². The lowest BCUT2D eigenvalue weighted by atomic mass is 10.1. The van der Waals surface area contributed by atoms with Crippen LogP contribution in [0.4, 0.5) is 0 Å². The maximum absolute atomic E-state index is 10.9. The second-order valence-electron chi connectivity index (χ2n) is 5.63. The van der Waals surface area contributed by atoms with Crippen molar-refractivity contribution in [3.05, 3.63) is 35.4 Å². The molecule has 0 heterocycles. The lowest BCUT2D eigenvalue weighted by Crippen LogP contribution is -2.36. The molecule has 0 aliphatic rings. The van der Waals surface area contributed by atoms with E-state index >= 15 is 0 Å². The van der Waals surface area contributed by atoms with Crippen LogP contribution in [0.15, 0.2) is 24.3 Å². The normalized spacial score (nSPS) is 10.8. The third-order valence-electron chi connectivity index (χ3n) is 3.34. The van der Waals surface area contributed by atoms with E-state index in [1.807, 2.05) is 0 Å². The Kier molecular flexibility index (Phi) is 8.19. The van der Waals surface area contributed by atoms with E-state index in [-0.39, 0.29) is 13.1 Å². The Hall–Kier alpha value is -2.98. The summed E-state index contributed by atoms with van der Waals surface area (Å²) in [7, 11) is 0. The number of rotatable bonds is 12. The monoisotopic (exact) mass is 368 g/mol. The van der Waals surface area contributed by atoms with Gasteiger partial charge in [-0.2, -0.15) is 0 Å². The Bertz CT molecular complexity index is 587. The molecule has 10 heteroatoms. The average molecular weight is 368 g/mol. The summed E-state index contributed by atoms with van der Waals surface area (Å²) in [6.07, 6.45) is 0. The summed E-state index contributed by atoms with van der Waals surface area (Å²) in [6.45, 7) is -1.88. The second kappa shape index (κ2) is 10.1. The van der Waals surface area contributed by atoms with Crippen LogP contribution in [0.2, 0.25) is 0 Å². The van der Waals surface area contributed by atoms with Gasteiger partial charge in [0, 0.05) is 13.1 Å². The van der Waals surface area contributed by atoms with Crippen molar-refractivity contribution in [2.24, 2.45) is 0 Å². The van der Waals surface area contributed by atoms with E-state index in [1.165, 1.54) is 9.80 Å². The molecule has 1 rings (SSSR count). The first-order valence-corrected chi connectivity index (χ1v) is 7.56. The van der Waals surface area contributed by atoms with Gasteiger partial charge in [0.25, 0.3) is 0 Å². The molecule has 0 radical (unpaired) electrons. The molecule has 0 fully saturated rings. The van der Waals surface area contributed by atoms with E-state index < -0.39 is 50.1 Å². The molecule has 0 atom stereocenters.